The van der Waals surface area contributed by atoms with Crippen molar-refractivity contribution in [3.8, 4) is 6.01 Å². The van der Waals surface area contributed by atoms with Gasteiger partial charge >= 0.3 is 6.01 Å². The van der Waals surface area contributed by atoms with E-state index in [1.54, 1.807) is 7.11 Å². The maximum atomic E-state index is 13.4. The lowest BCUT2D eigenvalue weighted by molar-refractivity contribution is 0.0562. The van der Waals surface area contributed by atoms with Crippen LogP contribution >= 0.6 is 0 Å². The second-order valence-electron chi connectivity index (χ2n) is 9.06. The smallest absolute Gasteiger partial charge is 0.316 e. The second kappa shape index (κ2) is 8.13. The van der Waals surface area contributed by atoms with Gasteiger partial charge in [-0.3, -0.25) is 4.90 Å². The summed E-state index contributed by atoms with van der Waals surface area (Å²) < 4.78 is 18.4. The Balaban J connectivity index is 1.85. The molecule has 5 nitrogen and oxygen atoms in total. The molecule has 1 aliphatic heterocycles. The fourth-order valence-electron chi connectivity index (χ4n) is 4.43. The molecule has 1 fully saturated rings. The van der Waals surface area contributed by atoms with E-state index in [-0.39, 0.29) is 16.9 Å². The number of hydrogen-bond donors (Lipinski definition) is 1. The number of hydrogen-bond acceptors (Lipinski definition) is 5. The van der Waals surface area contributed by atoms with Crippen molar-refractivity contribution >= 4 is 0 Å². The molecule has 2 heterocycles. The number of ether oxygens (including phenoxy) is 1. The van der Waals surface area contributed by atoms with E-state index >= 15 is 0 Å². The molecule has 3 rings (SSSR count). The van der Waals surface area contributed by atoms with Crippen molar-refractivity contribution in [3.63, 3.8) is 0 Å². The molecule has 0 saturated carbocycles. The summed E-state index contributed by atoms with van der Waals surface area (Å²) in [6.07, 6.45) is 5.71. The first-order valence-corrected chi connectivity index (χ1v) is 9.79. The van der Waals surface area contributed by atoms with E-state index in [1.165, 1.54) is 12.1 Å². The molecular weight excluding hydrogens is 355 g/mol. The minimum absolute atomic E-state index is 0.0455. The van der Waals surface area contributed by atoms with E-state index in [1.807, 2.05) is 24.5 Å². The highest BCUT2D eigenvalue weighted by molar-refractivity contribution is 5.17. The fourth-order valence-corrected chi connectivity index (χ4v) is 4.43. The SMILES string of the molecule is COc1ncc(CN(Cc2ccc(F)cc2)C2CC(C)(C)NC(C)(C)C2)cn1. The number of halogens is 1. The van der Waals surface area contributed by atoms with E-state index < -0.39 is 0 Å². The van der Waals surface area contributed by atoms with Crippen molar-refractivity contribution < 1.29 is 9.13 Å². The van der Waals surface area contributed by atoms with Gasteiger partial charge in [0.2, 0.25) is 0 Å². The molecule has 0 unspecified atom stereocenters. The largest absolute Gasteiger partial charge is 0.467 e. The third kappa shape index (κ3) is 5.49. The third-order valence-corrected chi connectivity index (χ3v) is 5.23. The number of methoxy groups -OCH3 is 1. The normalized spacial score (nSPS) is 19.0. The summed E-state index contributed by atoms with van der Waals surface area (Å²) in [6.45, 7) is 10.5. The Morgan fingerprint density at radius 3 is 2.07 bits per heavy atom. The van der Waals surface area contributed by atoms with Crippen molar-refractivity contribution in [2.75, 3.05) is 7.11 Å². The summed E-state index contributed by atoms with van der Waals surface area (Å²) in [4.78, 5) is 11.0. The summed E-state index contributed by atoms with van der Waals surface area (Å²) in [7, 11) is 1.56. The quantitative estimate of drug-likeness (QED) is 0.815. The van der Waals surface area contributed by atoms with Crippen LogP contribution in [-0.2, 0) is 13.1 Å². The molecule has 2 aromatic rings. The molecule has 1 saturated heterocycles. The first-order chi connectivity index (χ1) is 13.2. The predicted octanol–water partition coefficient (Wildman–Crippen LogP) is 3.94. The zero-order valence-corrected chi connectivity index (χ0v) is 17.5. The van der Waals surface area contributed by atoms with Crippen LogP contribution < -0.4 is 10.1 Å². The second-order valence-corrected chi connectivity index (χ2v) is 9.06. The average Bonchev–Trinajstić information content (AvgIpc) is 2.61. The van der Waals surface area contributed by atoms with E-state index in [9.17, 15) is 4.39 Å². The molecule has 0 aliphatic carbocycles. The van der Waals surface area contributed by atoms with Crippen LogP contribution in [0.3, 0.4) is 0 Å². The van der Waals surface area contributed by atoms with Crippen LogP contribution in [0, 0.1) is 5.82 Å². The molecule has 0 radical (unpaired) electrons. The Hall–Kier alpha value is -2.05. The van der Waals surface area contributed by atoms with Gasteiger partial charge in [-0.25, -0.2) is 14.4 Å². The van der Waals surface area contributed by atoms with E-state index in [2.05, 4.69) is 47.9 Å². The number of nitrogens with one attached hydrogen (secondary N) is 1. The summed E-state index contributed by atoms with van der Waals surface area (Å²) in [5, 5.41) is 3.75. The predicted molar refractivity (Wildman–Crippen MR) is 109 cm³/mol. The molecule has 1 aromatic heterocycles. The van der Waals surface area contributed by atoms with Crippen molar-refractivity contribution in [1.29, 1.82) is 0 Å². The summed E-state index contributed by atoms with van der Waals surface area (Å²) >= 11 is 0. The van der Waals surface area contributed by atoms with Gasteiger partial charge in [0.15, 0.2) is 0 Å². The van der Waals surface area contributed by atoms with Crippen molar-refractivity contribution in [2.45, 2.75) is 70.7 Å². The number of nitrogens with zero attached hydrogens (tertiary/aromatic N) is 3. The number of piperidine rings is 1. The van der Waals surface area contributed by atoms with Gasteiger partial charge in [-0.2, -0.15) is 0 Å². The van der Waals surface area contributed by atoms with Crippen LogP contribution in [0.15, 0.2) is 36.7 Å². The van der Waals surface area contributed by atoms with Crippen LogP contribution in [0.4, 0.5) is 4.39 Å². The molecule has 0 spiro atoms. The van der Waals surface area contributed by atoms with Gasteiger partial charge in [0.25, 0.3) is 0 Å². The lowest BCUT2D eigenvalue weighted by atomic mass is 9.79. The van der Waals surface area contributed by atoms with Gasteiger partial charge in [0.1, 0.15) is 5.82 Å². The Morgan fingerprint density at radius 2 is 1.54 bits per heavy atom. The Kier molecular flexibility index (Phi) is 6.01. The van der Waals surface area contributed by atoms with Crippen LogP contribution in [0.5, 0.6) is 6.01 Å². The molecule has 0 amide bonds. The van der Waals surface area contributed by atoms with E-state index in [0.717, 1.165) is 37.1 Å². The number of rotatable bonds is 6. The lowest BCUT2D eigenvalue weighted by Crippen LogP contribution is -2.62. The van der Waals surface area contributed by atoms with Gasteiger partial charge < -0.3 is 10.1 Å². The first kappa shape index (κ1) is 20.7. The Labute approximate surface area is 167 Å². The maximum absolute atomic E-state index is 13.4. The molecule has 0 bridgehead atoms. The highest BCUT2D eigenvalue weighted by atomic mass is 19.1. The topological polar surface area (TPSA) is 50.3 Å². The highest BCUT2D eigenvalue weighted by Gasteiger charge is 2.39. The van der Waals surface area contributed by atoms with Gasteiger partial charge in [-0.1, -0.05) is 12.1 Å². The van der Waals surface area contributed by atoms with E-state index in [4.69, 9.17) is 4.74 Å². The zero-order valence-electron chi connectivity index (χ0n) is 17.5. The van der Waals surface area contributed by atoms with Crippen molar-refractivity contribution in [1.82, 2.24) is 20.2 Å². The monoisotopic (exact) mass is 386 g/mol. The van der Waals surface area contributed by atoms with Gasteiger partial charge in [0, 0.05) is 48.2 Å². The summed E-state index contributed by atoms with van der Waals surface area (Å²) in [5.41, 5.74) is 2.23. The summed E-state index contributed by atoms with van der Waals surface area (Å²) in [6, 6.07) is 7.55. The first-order valence-electron chi connectivity index (χ1n) is 9.79. The number of aromatic nitrogens is 2. The molecule has 1 aliphatic rings. The molecule has 1 N–H and O–H groups in total. The zero-order chi connectivity index (χ0) is 20.4. The Morgan fingerprint density at radius 1 is 1.00 bits per heavy atom. The minimum Gasteiger partial charge on any atom is -0.467 e. The summed E-state index contributed by atoms with van der Waals surface area (Å²) in [5.74, 6) is -0.206. The fraction of sp³-hybridized carbons (Fsp3) is 0.545. The molecule has 1 aromatic carbocycles. The van der Waals surface area contributed by atoms with Gasteiger partial charge in [-0.15, -0.1) is 0 Å². The molecule has 0 atom stereocenters. The molecule has 152 valence electrons. The van der Waals surface area contributed by atoms with Crippen LogP contribution in [-0.4, -0.2) is 39.1 Å². The van der Waals surface area contributed by atoms with Crippen LogP contribution in [0.25, 0.3) is 0 Å². The highest BCUT2D eigenvalue weighted by Crippen LogP contribution is 2.33. The van der Waals surface area contributed by atoms with E-state index in [0.29, 0.717) is 12.1 Å². The number of benzene rings is 1. The van der Waals surface area contributed by atoms with Crippen molar-refractivity contribution in [3.05, 3.63) is 53.6 Å². The minimum atomic E-state index is -0.206. The third-order valence-electron chi connectivity index (χ3n) is 5.23. The van der Waals surface area contributed by atoms with Crippen molar-refractivity contribution in [2.24, 2.45) is 0 Å². The lowest BCUT2D eigenvalue weighted by Gasteiger charge is -2.49. The van der Waals surface area contributed by atoms with Gasteiger partial charge in [-0.05, 0) is 58.2 Å². The van der Waals surface area contributed by atoms with Crippen LogP contribution in [0.2, 0.25) is 0 Å². The standard InChI is InChI=1S/C22H31FN4O/c1-21(2)10-19(11-22(3,4)26-21)27(14-16-6-8-18(23)9-7-16)15-17-12-24-20(28-5)25-13-17/h6-9,12-13,19,26H,10-11,14-15H2,1-5H3. The maximum Gasteiger partial charge on any atom is 0.316 e. The molecule has 28 heavy (non-hydrogen) atoms. The van der Waals surface area contributed by atoms with Gasteiger partial charge in [0.05, 0.1) is 7.11 Å². The Bertz CT molecular complexity index is 758. The van der Waals surface area contributed by atoms with Crippen LogP contribution in [0.1, 0.15) is 51.7 Å². The average molecular weight is 387 g/mol. The molecule has 6 heteroatoms. The molecular formula is C22H31FN4O.